The van der Waals surface area contributed by atoms with Crippen LogP contribution in [0.2, 0.25) is 20.1 Å². The maximum Gasteiger partial charge on any atom is 0.283 e. The molecule has 0 heterocycles. The van der Waals surface area contributed by atoms with Crippen molar-refractivity contribution in [2.45, 2.75) is 4.75 Å². The van der Waals surface area contributed by atoms with Crippen molar-refractivity contribution >= 4 is 56.5 Å². The molecular formula is C19H12Cl4O5S. The van der Waals surface area contributed by atoms with Crippen molar-refractivity contribution in [2.24, 2.45) is 0 Å². The zero-order valence-corrected chi connectivity index (χ0v) is 18.1. The van der Waals surface area contributed by atoms with E-state index in [0.29, 0.717) is 5.02 Å². The van der Waals surface area contributed by atoms with Gasteiger partial charge < -0.3 is 10.2 Å². The molecular weight excluding hydrogens is 482 g/mol. The van der Waals surface area contributed by atoms with E-state index in [2.05, 4.69) is 0 Å². The zero-order chi connectivity index (χ0) is 21.6. The minimum atomic E-state index is -5.08. The van der Waals surface area contributed by atoms with E-state index in [9.17, 15) is 23.2 Å². The molecule has 3 rings (SSSR count). The lowest BCUT2D eigenvalue weighted by Crippen LogP contribution is -2.39. The number of hydrogen-bond donors (Lipinski definition) is 3. The summed E-state index contributed by atoms with van der Waals surface area (Å²) in [5.41, 5.74) is -0.444. The average Bonchev–Trinajstić information content (AvgIpc) is 2.64. The van der Waals surface area contributed by atoms with Crippen LogP contribution >= 0.6 is 46.4 Å². The lowest BCUT2D eigenvalue weighted by Gasteiger charge is -2.34. The molecule has 0 bridgehead atoms. The number of benzene rings is 3. The van der Waals surface area contributed by atoms with Gasteiger partial charge in [0.05, 0.1) is 5.02 Å². The van der Waals surface area contributed by atoms with Crippen LogP contribution in [0.4, 0.5) is 0 Å². The topological polar surface area (TPSA) is 94.8 Å². The summed E-state index contributed by atoms with van der Waals surface area (Å²) >= 11 is 24.8. The van der Waals surface area contributed by atoms with Crippen molar-refractivity contribution in [3.63, 3.8) is 0 Å². The van der Waals surface area contributed by atoms with Crippen LogP contribution in [-0.2, 0) is 14.9 Å². The fourth-order valence-electron chi connectivity index (χ4n) is 3.20. The summed E-state index contributed by atoms with van der Waals surface area (Å²) in [5, 5.41) is 19.6. The van der Waals surface area contributed by atoms with Crippen LogP contribution in [0.5, 0.6) is 11.5 Å². The predicted octanol–water partition coefficient (Wildman–Crippen LogP) is 5.89. The van der Waals surface area contributed by atoms with E-state index in [1.54, 1.807) is 0 Å². The van der Waals surface area contributed by atoms with Gasteiger partial charge in [-0.05, 0) is 35.9 Å². The van der Waals surface area contributed by atoms with Gasteiger partial charge in [0.1, 0.15) is 0 Å². The molecule has 0 aromatic heterocycles. The first-order chi connectivity index (χ1) is 13.5. The van der Waals surface area contributed by atoms with Crippen molar-refractivity contribution in [2.75, 3.05) is 0 Å². The number of phenols is 2. The van der Waals surface area contributed by atoms with Gasteiger partial charge in [-0.1, -0.05) is 70.7 Å². The van der Waals surface area contributed by atoms with Crippen molar-refractivity contribution in [3.05, 3.63) is 91.4 Å². The summed E-state index contributed by atoms with van der Waals surface area (Å²) < 4.78 is 34.1. The first-order valence-electron chi connectivity index (χ1n) is 7.90. The molecule has 1 atom stereocenters. The second kappa shape index (κ2) is 7.87. The Balaban J connectivity index is 2.63. The van der Waals surface area contributed by atoms with E-state index in [-0.39, 0.29) is 26.7 Å². The standard InChI is InChI=1S/C19H12Cl4O5S/c20-11-6-4-10(5-7-11)19(29(26,27)28,16-13(21)2-1-3-14(16)22)12-8-9-15(24)18(25)17(12)23/h1-9,24-25H,(H,26,27,28). The summed E-state index contributed by atoms with van der Waals surface area (Å²) in [5.74, 6) is -1.35. The van der Waals surface area contributed by atoms with Crippen LogP contribution in [0.3, 0.4) is 0 Å². The Morgan fingerprint density at radius 2 is 1.34 bits per heavy atom. The number of aromatic hydroxyl groups is 2. The Kier molecular flexibility index (Phi) is 5.98. The number of hydrogen-bond acceptors (Lipinski definition) is 4. The van der Waals surface area contributed by atoms with Crippen molar-refractivity contribution in [3.8, 4) is 11.5 Å². The predicted molar refractivity (Wildman–Crippen MR) is 114 cm³/mol. The maximum atomic E-state index is 13.0. The Morgan fingerprint density at radius 1 is 0.793 bits per heavy atom. The molecule has 0 aliphatic heterocycles. The van der Waals surface area contributed by atoms with Gasteiger partial charge in [-0.15, -0.1) is 0 Å². The van der Waals surface area contributed by atoms with Gasteiger partial charge in [-0.3, -0.25) is 4.55 Å². The molecule has 0 radical (unpaired) electrons. The second-order valence-corrected chi connectivity index (χ2v) is 9.25. The minimum Gasteiger partial charge on any atom is -0.504 e. The summed E-state index contributed by atoms with van der Waals surface area (Å²) in [7, 11) is -5.08. The molecule has 0 saturated carbocycles. The fourth-order valence-corrected chi connectivity index (χ4v) is 5.83. The van der Waals surface area contributed by atoms with Gasteiger partial charge in [0, 0.05) is 26.2 Å². The van der Waals surface area contributed by atoms with Crippen LogP contribution in [0, 0.1) is 0 Å². The number of rotatable bonds is 4. The van der Waals surface area contributed by atoms with E-state index in [1.807, 2.05) is 0 Å². The molecule has 29 heavy (non-hydrogen) atoms. The van der Waals surface area contributed by atoms with Crippen molar-refractivity contribution in [1.82, 2.24) is 0 Å². The molecule has 0 aliphatic carbocycles. The van der Waals surface area contributed by atoms with Gasteiger partial charge in [0.15, 0.2) is 16.2 Å². The van der Waals surface area contributed by atoms with Crippen LogP contribution < -0.4 is 0 Å². The average molecular weight is 494 g/mol. The third kappa shape index (κ3) is 3.54. The molecule has 0 fully saturated rings. The zero-order valence-electron chi connectivity index (χ0n) is 14.3. The van der Waals surface area contributed by atoms with Gasteiger partial charge >= 0.3 is 0 Å². The summed E-state index contributed by atoms with van der Waals surface area (Å²) in [6.07, 6.45) is 0. The third-order valence-electron chi connectivity index (χ3n) is 4.43. The largest absolute Gasteiger partial charge is 0.504 e. The van der Waals surface area contributed by atoms with Gasteiger partial charge in [0.2, 0.25) is 0 Å². The fraction of sp³-hybridized carbons (Fsp3) is 0.0526. The van der Waals surface area contributed by atoms with E-state index in [1.165, 1.54) is 42.5 Å². The molecule has 3 N–H and O–H groups in total. The molecule has 5 nitrogen and oxygen atoms in total. The Labute approximate surface area is 186 Å². The molecule has 3 aromatic rings. The highest BCUT2D eigenvalue weighted by Crippen LogP contribution is 2.53. The molecule has 1 unspecified atom stereocenters. The Bertz CT molecular complexity index is 1180. The van der Waals surface area contributed by atoms with E-state index >= 15 is 0 Å². The van der Waals surface area contributed by atoms with E-state index in [0.717, 1.165) is 12.1 Å². The lowest BCUT2D eigenvalue weighted by molar-refractivity contribution is 0.402. The highest BCUT2D eigenvalue weighted by atomic mass is 35.5. The van der Waals surface area contributed by atoms with Crippen molar-refractivity contribution in [1.29, 1.82) is 0 Å². The van der Waals surface area contributed by atoms with Crippen molar-refractivity contribution < 1.29 is 23.2 Å². The molecule has 0 amide bonds. The monoisotopic (exact) mass is 492 g/mol. The van der Waals surface area contributed by atoms with Crippen LogP contribution in [0.15, 0.2) is 54.6 Å². The number of halogens is 4. The lowest BCUT2D eigenvalue weighted by atomic mass is 9.83. The molecule has 0 saturated heterocycles. The normalized spacial score (nSPS) is 13.8. The van der Waals surface area contributed by atoms with E-state index < -0.39 is 31.4 Å². The number of phenolic OH excluding ortho intramolecular Hbond substituents is 2. The molecule has 0 spiro atoms. The molecule has 3 aromatic carbocycles. The highest BCUT2D eigenvalue weighted by Gasteiger charge is 2.52. The van der Waals surface area contributed by atoms with Crippen LogP contribution in [0.1, 0.15) is 16.7 Å². The Morgan fingerprint density at radius 3 is 1.86 bits per heavy atom. The van der Waals surface area contributed by atoms with Crippen LogP contribution in [-0.4, -0.2) is 23.2 Å². The quantitative estimate of drug-likeness (QED) is 0.239. The van der Waals surface area contributed by atoms with Gasteiger partial charge in [0.25, 0.3) is 10.1 Å². The summed E-state index contributed by atoms with van der Waals surface area (Å²) in [6.45, 7) is 0. The molecule has 0 aliphatic rings. The molecule has 10 heteroatoms. The molecule has 152 valence electrons. The summed E-state index contributed by atoms with van der Waals surface area (Å²) in [6, 6.07) is 12.0. The van der Waals surface area contributed by atoms with Gasteiger partial charge in [-0.2, -0.15) is 8.42 Å². The van der Waals surface area contributed by atoms with Gasteiger partial charge in [-0.25, -0.2) is 0 Å². The van der Waals surface area contributed by atoms with E-state index in [4.69, 9.17) is 46.4 Å². The first kappa shape index (κ1) is 22.0. The summed E-state index contributed by atoms with van der Waals surface area (Å²) in [4.78, 5) is 0. The Hall–Kier alpha value is -1.67. The minimum absolute atomic E-state index is 0.00592. The SMILES string of the molecule is O=S(=O)(O)C(c1ccc(Cl)cc1)(c1ccc(O)c(O)c1Cl)c1c(Cl)cccc1Cl. The van der Waals surface area contributed by atoms with Crippen LogP contribution in [0.25, 0.3) is 0 Å². The third-order valence-corrected chi connectivity index (χ3v) is 7.12. The first-order valence-corrected chi connectivity index (χ1v) is 10.9. The smallest absolute Gasteiger partial charge is 0.283 e. The maximum absolute atomic E-state index is 13.0. The highest BCUT2D eigenvalue weighted by molar-refractivity contribution is 7.87. The second-order valence-electron chi connectivity index (χ2n) is 6.05.